The monoisotopic (exact) mass is 371 g/mol. The predicted octanol–water partition coefficient (Wildman–Crippen LogP) is 2.36. The summed E-state index contributed by atoms with van der Waals surface area (Å²) in [5.41, 5.74) is 0.801. The number of fused-ring (bicyclic) bond motifs is 1. The first-order valence-electron chi connectivity index (χ1n) is 7.90. The number of hydrogen-bond acceptors (Lipinski definition) is 5. The molecule has 2 aromatic rings. The molecule has 0 saturated heterocycles. The van der Waals surface area contributed by atoms with Crippen LogP contribution < -0.4 is 0 Å². The Morgan fingerprint density at radius 2 is 1.62 bits per heavy atom. The van der Waals surface area contributed by atoms with E-state index in [0.717, 1.165) is 9.87 Å². The molecule has 0 N–H and O–H groups in total. The summed E-state index contributed by atoms with van der Waals surface area (Å²) in [4.78, 5) is 24.5. The van der Waals surface area contributed by atoms with E-state index in [9.17, 15) is 18.0 Å². The standard InChI is InChI=1S/C19H17NO5S/c1-13(21)18-19(25-17(22)12-14-8-4-3-5-9-14)15-10-6-7-11-16(15)26(23,24)20(18)2/h3-11H,12H2,1-2H3. The van der Waals surface area contributed by atoms with Gasteiger partial charge in [0.1, 0.15) is 5.70 Å². The van der Waals surface area contributed by atoms with Gasteiger partial charge in [-0.2, -0.15) is 0 Å². The molecule has 1 heterocycles. The van der Waals surface area contributed by atoms with Crippen molar-refractivity contribution in [2.45, 2.75) is 18.2 Å². The van der Waals surface area contributed by atoms with Crippen molar-refractivity contribution in [3.63, 3.8) is 0 Å². The zero-order valence-electron chi connectivity index (χ0n) is 14.3. The van der Waals surface area contributed by atoms with E-state index >= 15 is 0 Å². The number of ether oxygens (including phenoxy) is 1. The molecule has 0 unspecified atom stereocenters. The fourth-order valence-corrected chi connectivity index (χ4v) is 4.25. The molecule has 134 valence electrons. The smallest absolute Gasteiger partial charge is 0.315 e. The molecule has 0 radical (unpaired) electrons. The topological polar surface area (TPSA) is 80.8 Å². The van der Waals surface area contributed by atoms with E-state index in [0.29, 0.717) is 0 Å². The largest absolute Gasteiger partial charge is 0.423 e. The van der Waals surface area contributed by atoms with Crippen molar-refractivity contribution in [1.82, 2.24) is 4.31 Å². The third-order valence-corrected chi connectivity index (χ3v) is 5.86. The highest BCUT2D eigenvalue weighted by Gasteiger charge is 2.38. The van der Waals surface area contributed by atoms with E-state index < -0.39 is 21.8 Å². The lowest BCUT2D eigenvalue weighted by Crippen LogP contribution is -2.35. The van der Waals surface area contributed by atoms with Crippen LogP contribution in [0.2, 0.25) is 0 Å². The van der Waals surface area contributed by atoms with Crippen LogP contribution in [0.4, 0.5) is 0 Å². The summed E-state index contributed by atoms with van der Waals surface area (Å²) in [5, 5.41) is 0. The lowest BCUT2D eigenvalue weighted by molar-refractivity contribution is -0.136. The van der Waals surface area contributed by atoms with Crippen LogP contribution in [0.5, 0.6) is 0 Å². The number of carbonyl (C=O) groups excluding carboxylic acids is 2. The molecule has 0 saturated carbocycles. The Bertz CT molecular complexity index is 1010. The highest BCUT2D eigenvalue weighted by molar-refractivity contribution is 7.89. The zero-order chi connectivity index (χ0) is 18.9. The molecule has 7 heteroatoms. The SMILES string of the molecule is CC(=O)C1=C(OC(=O)Cc2ccccc2)c2ccccc2S(=O)(=O)N1C. The van der Waals surface area contributed by atoms with E-state index in [-0.39, 0.29) is 28.3 Å². The Labute approximate surface area is 151 Å². The minimum atomic E-state index is -3.88. The van der Waals surface area contributed by atoms with Gasteiger partial charge in [0, 0.05) is 19.5 Å². The number of nitrogens with zero attached hydrogens (tertiary/aromatic N) is 1. The van der Waals surface area contributed by atoms with Gasteiger partial charge in [0.05, 0.1) is 11.3 Å². The van der Waals surface area contributed by atoms with Crippen molar-refractivity contribution in [1.29, 1.82) is 0 Å². The maximum absolute atomic E-state index is 12.6. The second-order valence-corrected chi connectivity index (χ2v) is 7.78. The van der Waals surface area contributed by atoms with Crippen LogP contribution in [0.25, 0.3) is 5.76 Å². The lowest BCUT2D eigenvalue weighted by Gasteiger charge is -2.29. The van der Waals surface area contributed by atoms with Gasteiger partial charge in [-0.3, -0.25) is 13.9 Å². The van der Waals surface area contributed by atoms with E-state index in [1.165, 1.54) is 26.1 Å². The molecule has 1 aliphatic rings. The van der Waals surface area contributed by atoms with Crippen molar-refractivity contribution >= 4 is 27.5 Å². The van der Waals surface area contributed by atoms with Gasteiger partial charge in [-0.05, 0) is 17.7 Å². The molecule has 0 aliphatic carbocycles. The summed E-state index contributed by atoms with van der Waals surface area (Å²) < 4.78 is 31.6. The van der Waals surface area contributed by atoms with Crippen molar-refractivity contribution in [2.24, 2.45) is 0 Å². The van der Waals surface area contributed by atoms with E-state index in [1.54, 1.807) is 36.4 Å². The second-order valence-electron chi connectivity index (χ2n) is 5.84. The van der Waals surface area contributed by atoms with Gasteiger partial charge in [-0.15, -0.1) is 0 Å². The Kier molecular flexibility index (Phi) is 4.65. The predicted molar refractivity (Wildman–Crippen MR) is 95.2 cm³/mol. The number of ketones is 1. The van der Waals surface area contributed by atoms with Crippen LogP contribution in [0.15, 0.2) is 65.2 Å². The van der Waals surface area contributed by atoms with Gasteiger partial charge in [0.15, 0.2) is 11.5 Å². The number of hydrogen-bond donors (Lipinski definition) is 0. The summed E-state index contributed by atoms with van der Waals surface area (Å²) in [6.07, 6.45) is 0.00809. The average molecular weight is 371 g/mol. The maximum atomic E-state index is 12.6. The van der Waals surface area contributed by atoms with Crippen LogP contribution in [0.3, 0.4) is 0 Å². The first-order valence-corrected chi connectivity index (χ1v) is 9.34. The summed E-state index contributed by atoms with van der Waals surface area (Å²) in [5.74, 6) is -1.12. The van der Waals surface area contributed by atoms with Gasteiger partial charge in [-0.25, -0.2) is 8.42 Å². The lowest BCUT2D eigenvalue weighted by atomic mass is 10.1. The number of carbonyl (C=O) groups is 2. The van der Waals surface area contributed by atoms with Gasteiger partial charge >= 0.3 is 5.97 Å². The van der Waals surface area contributed by atoms with Gasteiger partial charge < -0.3 is 4.74 Å². The molecule has 0 aromatic heterocycles. The van der Waals surface area contributed by atoms with Crippen molar-refractivity contribution in [2.75, 3.05) is 7.05 Å². The Hall–Kier alpha value is -2.93. The summed E-state index contributed by atoms with van der Waals surface area (Å²) in [6, 6.07) is 15.2. The van der Waals surface area contributed by atoms with Crippen LogP contribution in [0, 0.1) is 0 Å². The average Bonchev–Trinajstić information content (AvgIpc) is 2.60. The normalized spacial score (nSPS) is 15.4. The van der Waals surface area contributed by atoms with Gasteiger partial charge in [-0.1, -0.05) is 42.5 Å². The summed E-state index contributed by atoms with van der Waals surface area (Å²) in [7, 11) is -2.61. The second kappa shape index (κ2) is 6.76. The summed E-state index contributed by atoms with van der Waals surface area (Å²) >= 11 is 0. The Balaban J connectivity index is 2.06. The Morgan fingerprint density at radius 1 is 1.00 bits per heavy atom. The zero-order valence-corrected chi connectivity index (χ0v) is 15.1. The third-order valence-electron chi connectivity index (χ3n) is 4.04. The first-order chi connectivity index (χ1) is 12.3. The molecule has 0 bridgehead atoms. The number of rotatable bonds is 4. The first kappa shape index (κ1) is 17.9. The molecule has 0 atom stereocenters. The molecule has 6 nitrogen and oxygen atoms in total. The van der Waals surface area contributed by atoms with Gasteiger partial charge in [0.2, 0.25) is 0 Å². The fraction of sp³-hybridized carbons (Fsp3) is 0.158. The highest BCUT2D eigenvalue weighted by Crippen LogP contribution is 2.36. The van der Waals surface area contributed by atoms with Crippen molar-refractivity contribution in [3.05, 3.63) is 71.4 Å². The Morgan fingerprint density at radius 3 is 2.27 bits per heavy atom. The third kappa shape index (κ3) is 3.13. The van der Waals surface area contributed by atoms with Crippen molar-refractivity contribution in [3.8, 4) is 0 Å². The molecular formula is C19H17NO5S. The van der Waals surface area contributed by atoms with Crippen LogP contribution in [0.1, 0.15) is 18.1 Å². The molecule has 3 rings (SSSR count). The van der Waals surface area contributed by atoms with Crippen molar-refractivity contribution < 1.29 is 22.7 Å². The number of sulfonamides is 1. The van der Waals surface area contributed by atoms with Gasteiger partial charge in [0.25, 0.3) is 10.0 Å². The van der Waals surface area contributed by atoms with E-state index in [2.05, 4.69) is 0 Å². The molecule has 0 spiro atoms. The quantitative estimate of drug-likeness (QED) is 0.771. The number of allylic oxidation sites excluding steroid dienone is 1. The number of esters is 1. The van der Waals surface area contributed by atoms with Crippen LogP contribution in [-0.2, 0) is 30.8 Å². The maximum Gasteiger partial charge on any atom is 0.315 e. The number of likely N-dealkylation sites (N-methyl/N-ethyl adjacent to an activating group) is 1. The fourth-order valence-electron chi connectivity index (χ4n) is 2.81. The minimum absolute atomic E-state index is 0.00462. The molecule has 26 heavy (non-hydrogen) atoms. The minimum Gasteiger partial charge on any atom is -0.423 e. The molecular weight excluding hydrogens is 354 g/mol. The molecule has 1 aliphatic heterocycles. The highest BCUT2D eigenvalue weighted by atomic mass is 32.2. The number of Topliss-reactive ketones (excluding diaryl/α,β-unsaturated/α-hetero) is 1. The van der Waals surface area contributed by atoms with E-state index in [1.807, 2.05) is 6.07 Å². The number of benzene rings is 2. The molecule has 2 aromatic carbocycles. The van der Waals surface area contributed by atoms with E-state index in [4.69, 9.17) is 4.74 Å². The summed E-state index contributed by atoms with van der Waals surface area (Å²) in [6.45, 7) is 1.24. The molecule has 0 fully saturated rings. The molecule has 0 amide bonds. The van der Waals surface area contributed by atoms with Crippen LogP contribution in [-0.4, -0.2) is 31.5 Å². The van der Waals surface area contributed by atoms with Crippen LogP contribution >= 0.6 is 0 Å².